The summed E-state index contributed by atoms with van der Waals surface area (Å²) in [6.45, 7) is 4.70. The van der Waals surface area contributed by atoms with E-state index in [1.807, 2.05) is 12.1 Å². The number of hydrogen-bond acceptors (Lipinski definition) is 3. The first-order valence-electron chi connectivity index (χ1n) is 17.0. The van der Waals surface area contributed by atoms with Crippen molar-refractivity contribution in [1.82, 2.24) is 0 Å². The second kappa shape index (κ2) is 15.5. The molecule has 0 bridgehead atoms. The van der Waals surface area contributed by atoms with Gasteiger partial charge >= 0.3 is 5.97 Å². The Labute approximate surface area is 239 Å². The number of esters is 1. The number of hydrogen-bond donors (Lipinski definition) is 1. The molecule has 39 heavy (non-hydrogen) atoms. The van der Waals surface area contributed by atoms with E-state index in [1.54, 1.807) is 0 Å². The monoisotopic (exact) mass is 538 g/mol. The van der Waals surface area contributed by atoms with Crippen LogP contribution in [0.3, 0.4) is 0 Å². The molecule has 2 saturated carbocycles. The van der Waals surface area contributed by atoms with Gasteiger partial charge in [0.15, 0.2) is 0 Å². The van der Waals surface area contributed by atoms with Crippen molar-refractivity contribution >= 4 is 5.97 Å². The van der Waals surface area contributed by atoms with Crippen molar-refractivity contribution in [2.45, 2.75) is 167 Å². The van der Waals surface area contributed by atoms with Gasteiger partial charge in [0.25, 0.3) is 0 Å². The Kier molecular flexibility index (Phi) is 12.1. The van der Waals surface area contributed by atoms with Crippen LogP contribution in [-0.2, 0) is 16.0 Å². The van der Waals surface area contributed by atoms with Gasteiger partial charge in [0.2, 0.25) is 0 Å². The zero-order chi connectivity index (χ0) is 27.5. The van der Waals surface area contributed by atoms with Crippen LogP contribution in [-0.4, -0.2) is 17.2 Å². The van der Waals surface area contributed by atoms with Gasteiger partial charge in [-0.15, -0.1) is 0 Å². The molecular formula is C36H58O3. The lowest BCUT2D eigenvalue weighted by Gasteiger charge is -2.50. The van der Waals surface area contributed by atoms with Gasteiger partial charge in [0.05, 0.1) is 0 Å². The fourth-order valence-electron chi connectivity index (χ4n) is 8.57. The topological polar surface area (TPSA) is 46.5 Å². The Morgan fingerprint density at radius 3 is 2.10 bits per heavy atom. The summed E-state index contributed by atoms with van der Waals surface area (Å²) in [4.78, 5) is 12.8. The van der Waals surface area contributed by atoms with Crippen LogP contribution in [0.25, 0.3) is 0 Å². The molecule has 3 nitrogen and oxygen atoms in total. The van der Waals surface area contributed by atoms with Gasteiger partial charge in [-0.25, -0.2) is 0 Å². The number of fused-ring (bicyclic) bond motifs is 5. The molecule has 220 valence electrons. The highest BCUT2D eigenvalue weighted by molar-refractivity contribution is 5.69. The van der Waals surface area contributed by atoms with Gasteiger partial charge in [0.1, 0.15) is 11.9 Å². The molecule has 0 heterocycles. The molecule has 3 aliphatic carbocycles. The van der Waals surface area contributed by atoms with Crippen LogP contribution in [0.5, 0.6) is 5.75 Å². The Hall–Kier alpha value is -1.51. The fraction of sp³-hybridized carbons (Fsp3) is 0.806. The second-order valence-electron chi connectivity index (χ2n) is 13.6. The van der Waals surface area contributed by atoms with E-state index in [2.05, 4.69) is 19.9 Å². The number of ether oxygens (including phenoxy) is 1. The third-order valence-electron chi connectivity index (χ3n) is 10.9. The highest BCUT2D eigenvalue weighted by Crippen LogP contribution is 2.61. The van der Waals surface area contributed by atoms with Crippen molar-refractivity contribution < 1.29 is 14.6 Å². The van der Waals surface area contributed by atoms with Crippen LogP contribution in [0.2, 0.25) is 0 Å². The molecule has 5 atom stereocenters. The van der Waals surface area contributed by atoms with Gasteiger partial charge in [-0.3, -0.25) is 4.79 Å². The summed E-state index contributed by atoms with van der Waals surface area (Å²) >= 11 is 0. The summed E-state index contributed by atoms with van der Waals surface area (Å²) in [6.07, 6.45) is 27.7. The standard InChI is InChI=1S/C36H58O3/c1-3-4-5-6-7-8-9-10-11-12-13-14-15-16-17-18-35(38)39-34-24-23-33-32-21-19-28-27-29(37)20-22-30(28)31(32)25-26-36(33,34)2/h20,22,27,31-34,37H,3-19,21,23-26H2,1-2H3/t31-,32-,33-,34-,36-/m0/s1. The normalized spacial score (nSPS) is 27.5. The number of rotatable bonds is 17. The molecular weight excluding hydrogens is 480 g/mol. The summed E-state index contributed by atoms with van der Waals surface area (Å²) in [5.74, 6) is 2.40. The van der Waals surface area contributed by atoms with Gasteiger partial charge in [-0.2, -0.15) is 0 Å². The fourth-order valence-corrected chi connectivity index (χ4v) is 8.57. The number of carbonyl (C=O) groups is 1. The van der Waals surface area contributed by atoms with Crippen LogP contribution in [0, 0.1) is 17.3 Å². The average molecular weight is 539 g/mol. The van der Waals surface area contributed by atoms with E-state index >= 15 is 0 Å². The van der Waals surface area contributed by atoms with E-state index in [9.17, 15) is 9.90 Å². The van der Waals surface area contributed by atoms with Crippen LogP contribution in [0.15, 0.2) is 18.2 Å². The molecule has 1 aromatic rings. The van der Waals surface area contributed by atoms with Gasteiger partial charge in [0, 0.05) is 11.8 Å². The molecule has 3 aliphatic rings. The minimum atomic E-state index is 0.0446. The first-order chi connectivity index (χ1) is 19.0. The highest BCUT2D eigenvalue weighted by Gasteiger charge is 2.56. The van der Waals surface area contributed by atoms with Crippen LogP contribution in [0.1, 0.15) is 166 Å². The van der Waals surface area contributed by atoms with Crippen LogP contribution >= 0.6 is 0 Å². The Morgan fingerprint density at radius 2 is 1.46 bits per heavy atom. The van der Waals surface area contributed by atoms with E-state index in [-0.39, 0.29) is 17.5 Å². The van der Waals surface area contributed by atoms with Crippen LogP contribution in [0.4, 0.5) is 0 Å². The summed E-state index contributed by atoms with van der Waals surface area (Å²) < 4.78 is 6.20. The van der Waals surface area contributed by atoms with Gasteiger partial charge < -0.3 is 9.84 Å². The molecule has 4 rings (SSSR count). The Morgan fingerprint density at radius 1 is 0.846 bits per heavy atom. The summed E-state index contributed by atoms with van der Waals surface area (Å²) in [6, 6.07) is 6.02. The molecule has 1 N–H and O–H groups in total. The van der Waals surface area contributed by atoms with E-state index in [1.165, 1.54) is 114 Å². The van der Waals surface area contributed by atoms with Crippen molar-refractivity contribution in [1.29, 1.82) is 0 Å². The molecule has 0 amide bonds. The smallest absolute Gasteiger partial charge is 0.306 e. The minimum absolute atomic E-state index is 0.0446. The van der Waals surface area contributed by atoms with E-state index < -0.39 is 0 Å². The lowest BCUT2D eigenvalue weighted by atomic mass is 9.55. The minimum Gasteiger partial charge on any atom is -0.508 e. The van der Waals surface area contributed by atoms with Crippen molar-refractivity contribution in [2.24, 2.45) is 17.3 Å². The summed E-state index contributed by atoms with van der Waals surface area (Å²) in [7, 11) is 0. The predicted molar refractivity (Wildman–Crippen MR) is 162 cm³/mol. The van der Waals surface area contributed by atoms with Crippen LogP contribution < -0.4 is 0 Å². The number of aromatic hydroxyl groups is 1. The van der Waals surface area contributed by atoms with Crippen molar-refractivity contribution in [3.05, 3.63) is 29.3 Å². The molecule has 0 spiro atoms. The lowest BCUT2D eigenvalue weighted by molar-refractivity contribution is -0.157. The number of phenolic OH excluding ortho intramolecular Hbond substituents is 1. The zero-order valence-corrected chi connectivity index (χ0v) is 25.4. The lowest BCUT2D eigenvalue weighted by Crippen LogP contribution is -2.45. The van der Waals surface area contributed by atoms with Crippen molar-refractivity contribution in [3.8, 4) is 5.75 Å². The molecule has 1 aromatic carbocycles. The summed E-state index contributed by atoms with van der Waals surface area (Å²) in [5, 5.41) is 9.93. The number of phenols is 1. The van der Waals surface area contributed by atoms with Crippen molar-refractivity contribution in [3.63, 3.8) is 0 Å². The number of aryl methyl sites for hydroxylation is 1. The highest BCUT2D eigenvalue weighted by atomic mass is 16.5. The predicted octanol–water partition coefficient (Wildman–Crippen LogP) is 10.4. The first kappa shape index (κ1) is 30.4. The van der Waals surface area contributed by atoms with Gasteiger partial charge in [-0.1, -0.05) is 110 Å². The molecule has 0 radical (unpaired) electrons. The Bertz CT molecular complexity index is 878. The third-order valence-corrected chi connectivity index (χ3v) is 10.9. The molecule has 0 aromatic heterocycles. The zero-order valence-electron chi connectivity index (χ0n) is 25.4. The first-order valence-corrected chi connectivity index (χ1v) is 17.0. The van der Waals surface area contributed by atoms with Crippen molar-refractivity contribution in [2.75, 3.05) is 0 Å². The second-order valence-corrected chi connectivity index (χ2v) is 13.6. The number of unbranched alkanes of at least 4 members (excludes halogenated alkanes) is 14. The number of carbonyl (C=O) groups excluding carboxylic acids is 1. The van der Waals surface area contributed by atoms with E-state index in [4.69, 9.17) is 4.74 Å². The van der Waals surface area contributed by atoms with Gasteiger partial charge in [-0.05, 0) is 86.0 Å². The number of benzene rings is 1. The maximum absolute atomic E-state index is 12.8. The maximum Gasteiger partial charge on any atom is 0.306 e. The van der Waals surface area contributed by atoms with E-state index in [0.717, 1.165) is 32.1 Å². The molecule has 3 heteroatoms. The molecule has 0 saturated heterocycles. The molecule has 2 fully saturated rings. The summed E-state index contributed by atoms with van der Waals surface area (Å²) in [5.41, 5.74) is 2.96. The SMILES string of the molecule is CCCCCCCCCCCCCCCCCC(=O)O[C@H]1CC[C@H]2[C@H]3CCc4cc(O)ccc4[C@@H]3CC[C@]12C. The maximum atomic E-state index is 12.8. The molecule has 0 aliphatic heterocycles. The average Bonchev–Trinajstić information content (AvgIpc) is 3.26. The molecule has 0 unspecified atom stereocenters. The third kappa shape index (κ3) is 8.26. The quantitative estimate of drug-likeness (QED) is 0.158. The largest absolute Gasteiger partial charge is 0.508 e. The Balaban J connectivity index is 1.06. The van der Waals surface area contributed by atoms with E-state index in [0.29, 0.717) is 29.9 Å².